The molecule has 0 saturated heterocycles. The number of halogens is 2. The Labute approximate surface area is 160 Å². The number of carbonyl (C=O) groups excluding carboxylic acids is 2. The standard InChI is InChI=1S/C23H16F2O3/c1-15-6-2-4-8-18(15)23(27)28-22-13-11-17(24)14-19(22)21(26)12-10-16-7-3-5-9-20(16)25/h2-14H,1H3. The van der Waals surface area contributed by atoms with Gasteiger partial charge in [0.05, 0.1) is 11.1 Å². The average Bonchev–Trinajstić information content (AvgIpc) is 2.68. The minimum absolute atomic E-state index is 0.0714. The number of hydrogen-bond donors (Lipinski definition) is 0. The quantitative estimate of drug-likeness (QED) is 0.259. The first-order valence-electron chi connectivity index (χ1n) is 8.50. The summed E-state index contributed by atoms with van der Waals surface area (Å²) in [4.78, 5) is 24.9. The maximum atomic E-state index is 13.7. The molecule has 0 radical (unpaired) electrons. The van der Waals surface area contributed by atoms with Gasteiger partial charge in [-0.25, -0.2) is 13.6 Å². The normalized spacial score (nSPS) is 10.8. The zero-order valence-corrected chi connectivity index (χ0v) is 15.0. The van der Waals surface area contributed by atoms with Crippen LogP contribution in [-0.2, 0) is 0 Å². The van der Waals surface area contributed by atoms with Gasteiger partial charge in [0.2, 0.25) is 0 Å². The van der Waals surface area contributed by atoms with Crippen LogP contribution in [0.25, 0.3) is 6.08 Å². The SMILES string of the molecule is Cc1ccccc1C(=O)Oc1ccc(F)cc1C(=O)C=Cc1ccccc1F. The molecular formula is C23H16F2O3. The van der Waals surface area contributed by atoms with Crippen molar-refractivity contribution in [3.8, 4) is 5.75 Å². The van der Waals surface area contributed by atoms with E-state index in [0.717, 1.165) is 18.2 Å². The topological polar surface area (TPSA) is 43.4 Å². The van der Waals surface area contributed by atoms with Crippen LogP contribution in [0.4, 0.5) is 8.78 Å². The Kier molecular flexibility index (Phi) is 5.75. The summed E-state index contributed by atoms with van der Waals surface area (Å²) in [5, 5.41) is 0. The van der Waals surface area contributed by atoms with E-state index in [1.54, 1.807) is 37.3 Å². The van der Waals surface area contributed by atoms with Crippen molar-refractivity contribution in [1.82, 2.24) is 0 Å². The first-order chi connectivity index (χ1) is 13.5. The van der Waals surface area contributed by atoms with Gasteiger partial charge in [0.1, 0.15) is 17.4 Å². The molecule has 0 bridgehead atoms. The van der Waals surface area contributed by atoms with Gasteiger partial charge in [-0.2, -0.15) is 0 Å². The fourth-order valence-corrected chi connectivity index (χ4v) is 2.61. The molecular weight excluding hydrogens is 362 g/mol. The van der Waals surface area contributed by atoms with Crippen molar-refractivity contribution < 1.29 is 23.1 Å². The van der Waals surface area contributed by atoms with Crippen molar-refractivity contribution in [1.29, 1.82) is 0 Å². The lowest BCUT2D eigenvalue weighted by Gasteiger charge is -2.10. The van der Waals surface area contributed by atoms with Crippen molar-refractivity contribution in [3.63, 3.8) is 0 Å². The summed E-state index contributed by atoms with van der Waals surface area (Å²) >= 11 is 0. The summed E-state index contributed by atoms with van der Waals surface area (Å²) in [7, 11) is 0. The Hall–Kier alpha value is -3.60. The van der Waals surface area contributed by atoms with Crippen LogP contribution in [0, 0.1) is 18.6 Å². The summed E-state index contributed by atoms with van der Waals surface area (Å²) in [5.41, 5.74) is 1.13. The van der Waals surface area contributed by atoms with E-state index in [2.05, 4.69) is 0 Å². The van der Waals surface area contributed by atoms with E-state index in [1.165, 1.54) is 30.3 Å². The Balaban J connectivity index is 1.88. The number of ketones is 1. The molecule has 0 N–H and O–H groups in total. The summed E-state index contributed by atoms with van der Waals surface area (Å²) in [6.45, 7) is 1.75. The number of esters is 1. The molecule has 3 rings (SSSR count). The number of ether oxygens (including phenoxy) is 1. The number of rotatable bonds is 5. The van der Waals surface area contributed by atoms with Crippen molar-refractivity contribution in [2.24, 2.45) is 0 Å². The largest absolute Gasteiger partial charge is 0.422 e. The summed E-state index contributed by atoms with van der Waals surface area (Å²) < 4.78 is 32.7. The van der Waals surface area contributed by atoms with Gasteiger partial charge < -0.3 is 4.74 Å². The molecule has 0 aliphatic heterocycles. The van der Waals surface area contributed by atoms with E-state index < -0.39 is 23.4 Å². The van der Waals surface area contributed by atoms with Crippen LogP contribution < -0.4 is 4.74 Å². The third-order valence-corrected chi connectivity index (χ3v) is 4.09. The van der Waals surface area contributed by atoms with Gasteiger partial charge in [-0.05, 0) is 55.0 Å². The van der Waals surface area contributed by atoms with E-state index in [1.807, 2.05) is 0 Å². The van der Waals surface area contributed by atoms with Crippen LogP contribution in [-0.4, -0.2) is 11.8 Å². The predicted molar refractivity (Wildman–Crippen MR) is 102 cm³/mol. The van der Waals surface area contributed by atoms with Crippen LogP contribution in [0.3, 0.4) is 0 Å². The van der Waals surface area contributed by atoms with Crippen molar-refractivity contribution in [3.05, 3.63) is 107 Å². The van der Waals surface area contributed by atoms with E-state index >= 15 is 0 Å². The summed E-state index contributed by atoms with van der Waals surface area (Å²) in [5.74, 6) is -2.49. The van der Waals surface area contributed by atoms with Crippen LogP contribution in [0.1, 0.15) is 31.8 Å². The molecule has 0 amide bonds. The second-order valence-corrected chi connectivity index (χ2v) is 6.06. The molecule has 3 aromatic rings. The zero-order valence-electron chi connectivity index (χ0n) is 15.0. The lowest BCUT2D eigenvalue weighted by molar-refractivity contribution is 0.0732. The molecule has 28 heavy (non-hydrogen) atoms. The molecule has 0 heterocycles. The first kappa shape index (κ1) is 19.2. The summed E-state index contributed by atoms with van der Waals surface area (Å²) in [6.07, 6.45) is 2.40. The molecule has 0 spiro atoms. The maximum absolute atomic E-state index is 13.7. The molecule has 0 aliphatic rings. The monoisotopic (exact) mass is 378 g/mol. The number of benzene rings is 3. The Morgan fingerprint density at radius 2 is 1.61 bits per heavy atom. The maximum Gasteiger partial charge on any atom is 0.343 e. The molecule has 0 fully saturated rings. The van der Waals surface area contributed by atoms with Crippen LogP contribution in [0.2, 0.25) is 0 Å². The van der Waals surface area contributed by atoms with Gasteiger partial charge in [0.15, 0.2) is 5.78 Å². The van der Waals surface area contributed by atoms with Crippen LogP contribution in [0.5, 0.6) is 5.75 Å². The van der Waals surface area contributed by atoms with Gasteiger partial charge in [-0.1, -0.05) is 36.4 Å². The van der Waals surface area contributed by atoms with Gasteiger partial charge in [0.25, 0.3) is 0 Å². The van der Waals surface area contributed by atoms with Crippen molar-refractivity contribution in [2.75, 3.05) is 0 Å². The Morgan fingerprint density at radius 1 is 0.893 bits per heavy atom. The molecule has 3 aromatic carbocycles. The molecule has 3 nitrogen and oxygen atoms in total. The van der Waals surface area contributed by atoms with E-state index in [4.69, 9.17) is 4.74 Å². The Morgan fingerprint density at radius 3 is 2.36 bits per heavy atom. The number of allylic oxidation sites excluding steroid dienone is 1. The number of aryl methyl sites for hydroxylation is 1. The molecule has 0 saturated carbocycles. The number of carbonyl (C=O) groups is 2. The minimum atomic E-state index is -0.656. The lowest BCUT2D eigenvalue weighted by atomic mass is 10.1. The zero-order chi connectivity index (χ0) is 20.1. The van der Waals surface area contributed by atoms with Gasteiger partial charge in [-0.3, -0.25) is 4.79 Å². The Bertz CT molecular complexity index is 1070. The van der Waals surface area contributed by atoms with Crippen LogP contribution >= 0.6 is 0 Å². The molecule has 5 heteroatoms. The third-order valence-electron chi connectivity index (χ3n) is 4.09. The molecule has 0 unspecified atom stereocenters. The number of hydrogen-bond acceptors (Lipinski definition) is 3. The fraction of sp³-hybridized carbons (Fsp3) is 0.0435. The smallest absolute Gasteiger partial charge is 0.343 e. The second kappa shape index (κ2) is 8.39. The highest BCUT2D eigenvalue weighted by Crippen LogP contribution is 2.23. The van der Waals surface area contributed by atoms with Gasteiger partial charge in [0, 0.05) is 5.56 Å². The summed E-state index contributed by atoms with van der Waals surface area (Å²) in [6, 6.07) is 16.1. The fourth-order valence-electron chi connectivity index (χ4n) is 2.61. The third kappa shape index (κ3) is 4.38. The molecule has 0 atom stereocenters. The van der Waals surface area contributed by atoms with Gasteiger partial charge in [-0.15, -0.1) is 0 Å². The van der Waals surface area contributed by atoms with Crippen LogP contribution in [0.15, 0.2) is 72.8 Å². The van der Waals surface area contributed by atoms with Crippen molar-refractivity contribution >= 4 is 17.8 Å². The predicted octanol–water partition coefficient (Wildman–Crippen LogP) is 5.39. The average molecular weight is 378 g/mol. The van der Waals surface area contributed by atoms with Crippen molar-refractivity contribution in [2.45, 2.75) is 6.92 Å². The molecule has 0 aromatic heterocycles. The highest BCUT2D eigenvalue weighted by molar-refractivity contribution is 6.09. The van der Waals surface area contributed by atoms with E-state index in [0.29, 0.717) is 11.1 Å². The van der Waals surface area contributed by atoms with Gasteiger partial charge >= 0.3 is 5.97 Å². The highest BCUT2D eigenvalue weighted by Gasteiger charge is 2.17. The first-order valence-corrected chi connectivity index (χ1v) is 8.50. The molecule has 140 valence electrons. The van der Waals surface area contributed by atoms with E-state index in [9.17, 15) is 18.4 Å². The highest BCUT2D eigenvalue weighted by atomic mass is 19.1. The molecule has 0 aliphatic carbocycles. The minimum Gasteiger partial charge on any atom is -0.422 e. The van der Waals surface area contributed by atoms with E-state index in [-0.39, 0.29) is 16.9 Å². The second-order valence-electron chi connectivity index (χ2n) is 6.06. The lowest BCUT2D eigenvalue weighted by Crippen LogP contribution is -2.12.